The maximum absolute atomic E-state index is 12.5. The van der Waals surface area contributed by atoms with Crippen LogP contribution in [0.5, 0.6) is 11.5 Å². The number of ether oxygens (including phenoxy) is 2. The van der Waals surface area contributed by atoms with E-state index in [1.807, 2.05) is 18.3 Å². The summed E-state index contributed by atoms with van der Waals surface area (Å²) in [6.45, 7) is 2.02. The predicted octanol–water partition coefficient (Wildman–Crippen LogP) is 3.63. The molecule has 0 atom stereocenters. The van der Waals surface area contributed by atoms with Crippen LogP contribution in [0.2, 0.25) is 0 Å². The normalized spacial score (nSPS) is 14.5. The second-order valence-corrected chi connectivity index (χ2v) is 6.86. The van der Waals surface area contributed by atoms with Crippen molar-refractivity contribution in [2.45, 2.75) is 13.0 Å². The van der Waals surface area contributed by atoms with Crippen LogP contribution in [-0.2, 0) is 13.0 Å². The molecule has 0 fully saturated rings. The highest BCUT2D eigenvalue weighted by Gasteiger charge is 2.18. The van der Waals surface area contributed by atoms with Crippen molar-refractivity contribution in [1.29, 1.82) is 0 Å². The summed E-state index contributed by atoms with van der Waals surface area (Å²) in [7, 11) is 0. The zero-order valence-corrected chi connectivity index (χ0v) is 15.2. The number of amides is 1. The highest BCUT2D eigenvalue weighted by Crippen LogP contribution is 2.32. The summed E-state index contributed by atoms with van der Waals surface area (Å²) in [5.74, 6) is 1.53. The summed E-state index contributed by atoms with van der Waals surface area (Å²) in [5.41, 5.74) is 4.33. The smallest absolute Gasteiger partial charge is 0.256 e. The Hall–Kier alpha value is -3.54. The highest BCUT2D eigenvalue weighted by atomic mass is 16.7. The molecule has 1 amide bonds. The summed E-state index contributed by atoms with van der Waals surface area (Å²) < 4.78 is 10.6. The van der Waals surface area contributed by atoms with Crippen LogP contribution in [0.25, 0.3) is 0 Å². The van der Waals surface area contributed by atoms with Gasteiger partial charge in [0.15, 0.2) is 11.5 Å². The van der Waals surface area contributed by atoms with Crippen molar-refractivity contribution < 1.29 is 14.3 Å². The first-order chi connectivity index (χ1) is 13.8. The first kappa shape index (κ1) is 16.6. The van der Waals surface area contributed by atoms with Gasteiger partial charge in [0.25, 0.3) is 5.91 Å². The number of hydrogen-bond acceptors (Lipinski definition) is 5. The van der Waals surface area contributed by atoms with E-state index in [0.717, 1.165) is 25.2 Å². The first-order valence-corrected chi connectivity index (χ1v) is 9.25. The van der Waals surface area contributed by atoms with Crippen LogP contribution in [0.1, 0.15) is 21.5 Å². The zero-order valence-electron chi connectivity index (χ0n) is 15.2. The van der Waals surface area contributed by atoms with Crippen molar-refractivity contribution in [3.05, 3.63) is 77.5 Å². The first-order valence-electron chi connectivity index (χ1n) is 9.25. The summed E-state index contributed by atoms with van der Waals surface area (Å²) in [6.07, 6.45) is 2.84. The van der Waals surface area contributed by atoms with Gasteiger partial charge in [0.1, 0.15) is 5.82 Å². The minimum Gasteiger partial charge on any atom is -0.454 e. The Labute approximate surface area is 162 Å². The van der Waals surface area contributed by atoms with Crippen molar-refractivity contribution in [3.8, 4) is 11.5 Å². The monoisotopic (exact) mass is 373 g/mol. The number of fused-ring (bicyclic) bond motifs is 2. The average molecular weight is 373 g/mol. The molecule has 28 heavy (non-hydrogen) atoms. The van der Waals surface area contributed by atoms with Gasteiger partial charge in [-0.05, 0) is 47.9 Å². The zero-order chi connectivity index (χ0) is 18.9. The van der Waals surface area contributed by atoms with E-state index in [4.69, 9.17) is 9.47 Å². The van der Waals surface area contributed by atoms with Gasteiger partial charge in [-0.15, -0.1) is 0 Å². The molecule has 5 rings (SSSR count). The molecular weight excluding hydrogens is 354 g/mol. The van der Waals surface area contributed by atoms with Crippen LogP contribution in [0.3, 0.4) is 0 Å². The number of benzene rings is 2. The molecule has 0 aliphatic carbocycles. The van der Waals surface area contributed by atoms with E-state index in [1.165, 1.54) is 11.1 Å². The van der Waals surface area contributed by atoms with E-state index in [2.05, 4.69) is 39.5 Å². The topological polar surface area (TPSA) is 63.7 Å². The number of hydrogen-bond donors (Lipinski definition) is 1. The highest BCUT2D eigenvalue weighted by molar-refractivity contribution is 6.04. The minimum atomic E-state index is -0.231. The largest absolute Gasteiger partial charge is 0.454 e. The SMILES string of the molecule is O=C(Nc1ccc(N2CCc3ccccc3C2)cn1)c1ccc2c(c1)OCO2. The van der Waals surface area contributed by atoms with Crippen molar-refractivity contribution in [2.75, 3.05) is 23.6 Å². The summed E-state index contributed by atoms with van der Waals surface area (Å²) in [5, 5.41) is 2.83. The number of nitrogens with zero attached hydrogens (tertiary/aromatic N) is 2. The molecule has 1 N–H and O–H groups in total. The quantitative estimate of drug-likeness (QED) is 0.760. The van der Waals surface area contributed by atoms with Gasteiger partial charge in [-0.1, -0.05) is 24.3 Å². The molecule has 0 saturated heterocycles. The van der Waals surface area contributed by atoms with Crippen LogP contribution in [0, 0.1) is 0 Å². The maximum Gasteiger partial charge on any atom is 0.256 e. The fraction of sp³-hybridized carbons (Fsp3) is 0.182. The molecule has 0 saturated carbocycles. The molecule has 1 aromatic heterocycles. The van der Waals surface area contributed by atoms with Gasteiger partial charge in [-0.25, -0.2) is 4.98 Å². The predicted molar refractivity (Wildman–Crippen MR) is 106 cm³/mol. The van der Waals surface area contributed by atoms with Gasteiger partial charge in [0.05, 0.1) is 11.9 Å². The van der Waals surface area contributed by atoms with E-state index < -0.39 is 0 Å². The van der Waals surface area contributed by atoms with Crippen LogP contribution in [0.15, 0.2) is 60.8 Å². The molecule has 6 nitrogen and oxygen atoms in total. The summed E-state index contributed by atoms with van der Waals surface area (Å²) >= 11 is 0. The van der Waals surface area contributed by atoms with Gasteiger partial charge in [0.2, 0.25) is 6.79 Å². The van der Waals surface area contributed by atoms with Crippen molar-refractivity contribution in [2.24, 2.45) is 0 Å². The Morgan fingerprint density at radius 2 is 1.86 bits per heavy atom. The maximum atomic E-state index is 12.5. The van der Waals surface area contributed by atoms with Gasteiger partial charge in [-0.3, -0.25) is 4.79 Å². The number of carbonyl (C=O) groups excluding carboxylic acids is 1. The molecule has 0 spiro atoms. The lowest BCUT2D eigenvalue weighted by Gasteiger charge is -2.30. The van der Waals surface area contributed by atoms with Gasteiger partial charge < -0.3 is 19.7 Å². The Kier molecular flexibility index (Phi) is 4.09. The Balaban J connectivity index is 1.27. The van der Waals surface area contributed by atoms with Gasteiger partial charge in [-0.2, -0.15) is 0 Å². The minimum absolute atomic E-state index is 0.185. The Morgan fingerprint density at radius 3 is 2.71 bits per heavy atom. The van der Waals surface area contributed by atoms with E-state index in [9.17, 15) is 4.79 Å². The average Bonchev–Trinajstić information content (AvgIpc) is 3.22. The number of pyridine rings is 1. The van der Waals surface area contributed by atoms with Gasteiger partial charge >= 0.3 is 0 Å². The molecule has 0 unspecified atom stereocenters. The lowest BCUT2D eigenvalue weighted by Crippen LogP contribution is -2.30. The number of anilines is 2. The standard InChI is InChI=1S/C22H19N3O3/c26-22(16-5-7-19-20(11-16)28-14-27-19)24-21-8-6-18(12-23-21)25-10-9-15-3-1-2-4-17(15)13-25/h1-8,11-12H,9-10,13-14H2,(H,23,24,26). The van der Waals surface area contributed by atoms with Crippen LogP contribution in [0.4, 0.5) is 11.5 Å². The molecule has 3 heterocycles. The molecule has 2 aromatic carbocycles. The molecule has 6 heteroatoms. The molecule has 3 aromatic rings. The van der Waals surface area contributed by atoms with Crippen molar-refractivity contribution in [1.82, 2.24) is 4.98 Å². The lowest BCUT2D eigenvalue weighted by atomic mass is 10.00. The lowest BCUT2D eigenvalue weighted by molar-refractivity contribution is 0.102. The number of nitrogens with one attached hydrogen (secondary N) is 1. The summed E-state index contributed by atoms with van der Waals surface area (Å²) in [4.78, 5) is 19.2. The second-order valence-electron chi connectivity index (χ2n) is 6.86. The van der Waals surface area contributed by atoms with E-state index in [1.54, 1.807) is 18.2 Å². The van der Waals surface area contributed by atoms with E-state index in [-0.39, 0.29) is 12.7 Å². The number of rotatable bonds is 3. The second kappa shape index (κ2) is 6.88. The molecule has 2 aliphatic heterocycles. The molecular formula is C22H19N3O3. The van der Waals surface area contributed by atoms with Crippen LogP contribution < -0.4 is 19.7 Å². The Morgan fingerprint density at radius 1 is 1.00 bits per heavy atom. The number of carbonyl (C=O) groups is 1. The molecule has 0 bridgehead atoms. The van der Waals surface area contributed by atoms with Crippen LogP contribution in [-0.4, -0.2) is 24.2 Å². The van der Waals surface area contributed by atoms with Crippen molar-refractivity contribution in [3.63, 3.8) is 0 Å². The van der Waals surface area contributed by atoms with Crippen molar-refractivity contribution >= 4 is 17.4 Å². The summed E-state index contributed by atoms with van der Waals surface area (Å²) in [6, 6.07) is 17.5. The molecule has 140 valence electrons. The van der Waals surface area contributed by atoms with E-state index in [0.29, 0.717) is 22.9 Å². The van der Waals surface area contributed by atoms with Crippen LogP contribution >= 0.6 is 0 Å². The third-order valence-corrected chi connectivity index (χ3v) is 5.12. The third kappa shape index (κ3) is 3.13. The Bertz CT molecular complexity index is 1030. The molecule has 0 radical (unpaired) electrons. The molecule has 2 aliphatic rings. The van der Waals surface area contributed by atoms with E-state index >= 15 is 0 Å². The van der Waals surface area contributed by atoms with Gasteiger partial charge in [0, 0.05) is 18.7 Å². The number of aromatic nitrogens is 1. The fourth-order valence-electron chi connectivity index (χ4n) is 3.59. The third-order valence-electron chi connectivity index (χ3n) is 5.12. The fourth-order valence-corrected chi connectivity index (χ4v) is 3.59.